The molecule has 0 saturated heterocycles. The van der Waals surface area contributed by atoms with Gasteiger partial charge >= 0.3 is 6.61 Å². The molecule has 1 heterocycles. The Morgan fingerprint density at radius 3 is 2.71 bits per heavy atom. The van der Waals surface area contributed by atoms with Gasteiger partial charge in [0.25, 0.3) is 0 Å². The van der Waals surface area contributed by atoms with Gasteiger partial charge in [0.2, 0.25) is 0 Å². The van der Waals surface area contributed by atoms with E-state index in [4.69, 9.17) is 4.74 Å². The van der Waals surface area contributed by atoms with E-state index < -0.39 is 6.61 Å². The molecule has 0 atom stereocenters. The lowest BCUT2D eigenvalue weighted by Crippen LogP contribution is -2.38. The summed E-state index contributed by atoms with van der Waals surface area (Å²) >= 11 is 1.71. The van der Waals surface area contributed by atoms with Crippen molar-refractivity contribution in [2.45, 2.75) is 39.8 Å². The van der Waals surface area contributed by atoms with Crippen LogP contribution in [0.1, 0.15) is 28.1 Å². The Morgan fingerprint density at radius 2 is 2.11 bits per heavy atom. The van der Waals surface area contributed by atoms with Gasteiger partial charge < -0.3 is 20.1 Å². The molecule has 0 aliphatic rings. The third kappa shape index (κ3) is 6.33. The number of nitrogens with zero attached hydrogens (tertiary/aromatic N) is 2. The van der Waals surface area contributed by atoms with Crippen LogP contribution in [0.25, 0.3) is 0 Å². The van der Waals surface area contributed by atoms with Crippen LogP contribution < -0.4 is 20.1 Å². The van der Waals surface area contributed by atoms with Gasteiger partial charge in [0, 0.05) is 37.0 Å². The van der Waals surface area contributed by atoms with Crippen LogP contribution in [0, 0.1) is 6.92 Å². The summed E-state index contributed by atoms with van der Waals surface area (Å²) in [5.41, 5.74) is 1.69. The molecule has 28 heavy (non-hydrogen) atoms. The van der Waals surface area contributed by atoms with Gasteiger partial charge in [-0.25, -0.2) is 4.98 Å². The Labute approximate surface area is 168 Å². The van der Waals surface area contributed by atoms with Gasteiger partial charge in [0.15, 0.2) is 5.96 Å². The van der Waals surface area contributed by atoms with Crippen LogP contribution in [-0.2, 0) is 19.4 Å². The highest BCUT2D eigenvalue weighted by atomic mass is 32.1. The number of halogens is 2. The number of guanidine groups is 1. The molecule has 0 aliphatic heterocycles. The predicted octanol–water partition coefficient (Wildman–Crippen LogP) is 3.53. The van der Waals surface area contributed by atoms with Gasteiger partial charge in [0.05, 0.1) is 17.8 Å². The molecule has 0 amide bonds. The first-order valence-electron chi connectivity index (χ1n) is 8.98. The maximum Gasteiger partial charge on any atom is 0.387 e. The number of aryl methyl sites for hydroxylation is 2. The zero-order valence-corrected chi connectivity index (χ0v) is 17.3. The van der Waals surface area contributed by atoms with E-state index in [9.17, 15) is 8.78 Å². The number of hydrogen-bond donors (Lipinski definition) is 2. The van der Waals surface area contributed by atoms with E-state index >= 15 is 0 Å². The Morgan fingerprint density at radius 1 is 1.32 bits per heavy atom. The van der Waals surface area contributed by atoms with Crippen LogP contribution in [-0.4, -0.2) is 38.3 Å². The summed E-state index contributed by atoms with van der Waals surface area (Å²) in [7, 11) is 3.17. The van der Waals surface area contributed by atoms with Crippen molar-refractivity contribution in [1.29, 1.82) is 0 Å². The summed E-state index contributed by atoms with van der Waals surface area (Å²) in [5.74, 6) is 1.23. The summed E-state index contributed by atoms with van der Waals surface area (Å²) in [6.07, 6.45) is 1.72. The minimum Gasteiger partial charge on any atom is -0.497 e. The number of methoxy groups -OCH3 is 1. The molecular formula is C19H26F2N4O2S. The van der Waals surface area contributed by atoms with Crippen molar-refractivity contribution in [2.75, 3.05) is 20.7 Å². The van der Waals surface area contributed by atoms with Crippen molar-refractivity contribution in [3.63, 3.8) is 0 Å². The molecular weight excluding hydrogens is 386 g/mol. The highest BCUT2D eigenvalue weighted by Gasteiger charge is 2.12. The first-order valence-corrected chi connectivity index (χ1v) is 9.79. The number of benzene rings is 1. The lowest BCUT2D eigenvalue weighted by atomic mass is 10.2. The minimum atomic E-state index is -2.89. The summed E-state index contributed by atoms with van der Waals surface area (Å²) in [6, 6.07) is 4.70. The van der Waals surface area contributed by atoms with E-state index in [1.807, 2.05) is 0 Å². The summed E-state index contributed by atoms with van der Waals surface area (Å²) in [6.45, 7) is 2.21. The van der Waals surface area contributed by atoms with Gasteiger partial charge in [-0.15, -0.1) is 11.3 Å². The number of aromatic nitrogens is 1. The lowest BCUT2D eigenvalue weighted by molar-refractivity contribution is -0.0504. The normalized spacial score (nSPS) is 11.6. The molecule has 1 aromatic carbocycles. The zero-order chi connectivity index (χ0) is 20.5. The number of aliphatic imine (C=N–C) groups is 1. The highest BCUT2D eigenvalue weighted by Crippen LogP contribution is 2.25. The van der Waals surface area contributed by atoms with Crippen LogP contribution in [0.4, 0.5) is 8.78 Å². The average molecular weight is 413 g/mol. The number of nitrogens with one attached hydrogen (secondary N) is 2. The Kier molecular flexibility index (Phi) is 8.43. The fourth-order valence-corrected chi connectivity index (χ4v) is 3.66. The number of rotatable bonds is 9. The highest BCUT2D eigenvalue weighted by molar-refractivity contribution is 7.11. The third-order valence-corrected chi connectivity index (χ3v) is 5.13. The molecule has 6 nitrogen and oxygen atoms in total. The first kappa shape index (κ1) is 21.9. The minimum absolute atomic E-state index is 0.101. The van der Waals surface area contributed by atoms with E-state index in [1.165, 1.54) is 18.1 Å². The van der Waals surface area contributed by atoms with E-state index in [1.54, 1.807) is 30.5 Å². The Hall–Kier alpha value is -2.42. The van der Waals surface area contributed by atoms with Gasteiger partial charge in [-0.1, -0.05) is 6.92 Å². The quantitative estimate of drug-likeness (QED) is 0.487. The standard InChI is InChI=1S/C19H26F2N4O2S/c1-5-15-12(2)28-17(25-15)8-9-23-19(22-3)24-11-13-10-14(26-4)6-7-16(13)27-18(20)21/h6-7,10,18H,5,8-9,11H2,1-4H3,(H2,22,23,24). The molecule has 0 fully saturated rings. The lowest BCUT2D eigenvalue weighted by Gasteiger charge is -2.15. The maximum atomic E-state index is 12.6. The van der Waals surface area contributed by atoms with Crippen molar-refractivity contribution in [3.8, 4) is 11.5 Å². The molecule has 2 aromatic rings. The Balaban J connectivity index is 1.92. The average Bonchev–Trinajstić information content (AvgIpc) is 3.04. The third-order valence-electron chi connectivity index (χ3n) is 4.06. The molecule has 0 spiro atoms. The maximum absolute atomic E-state index is 12.6. The topological polar surface area (TPSA) is 67.8 Å². The largest absolute Gasteiger partial charge is 0.497 e. The SMILES string of the molecule is CCc1nc(CCNC(=NC)NCc2cc(OC)ccc2OC(F)F)sc1C. The fraction of sp³-hybridized carbons (Fsp3) is 0.474. The second kappa shape index (κ2) is 10.8. The van der Waals surface area contributed by atoms with Crippen LogP contribution in [0.15, 0.2) is 23.2 Å². The molecule has 2 rings (SSSR count). The second-order valence-electron chi connectivity index (χ2n) is 5.92. The van der Waals surface area contributed by atoms with E-state index in [-0.39, 0.29) is 12.3 Å². The first-order chi connectivity index (χ1) is 13.5. The molecule has 0 saturated carbocycles. The summed E-state index contributed by atoms with van der Waals surface area (Å²) in [4.78, 5) is 10.0. The molecule has 0 radical (unpaired) electrons. The monoisotopic (exact) mass is 412 g/mol. The van der Waals surface area contributed by atoms with Crippen molar-refractivity contribution in [3.05, 3.63) is 39.3 Å². The smallest absolute Gasteiger partial charge is 0.387 e. The predicted molar refractivity (Wildman–Crippen MR) is 108 cm³/mol. The number of alkyl halides is 2. The van der Waals surface area contributed by atoms with Gasteiger partial charge in [-0.2, -0.15) is 8.78 Å². The molecule has 0 unspecified atom stereocenters. The van der Waals surface area contributed by atoms with Crippen LogP contribution in [0.5, 0.6) is 11.5 Å². The van der Waals surface area contributed by atoms with Gasteiger partial charge in [-0.05, 0) is 31.5 Å². The van der Waals surface area contributed by atoms with Crippen molar-refractivity contribution in [1.82, 2.24) is 15.6 Å². The molecule has 2 N–H and O–H groups in total. The van der Waals surface area contributed by atoms with Crippen LogP contribution in [0.2, 0.25) is 0 Å². The van der Waals surface area contributed by atoms with Crippen LogP contribution >= 0.6 is 11.3 Å². The molecule has 1 aromatic heterocycles. The van der Waals surface area contributed by atoms with Crippen molar-refractivity contribution < 1.29 is 18.3 Å². The number of ether oxygens (including phenoxy) is 2. The molecule has 0 bridgehead atoms. The zero-order valence-electron chi connectivity index (χ0n) is 16.5. The molecule has 154 valence electrons. The second-order valence-corrected chi connectivity index (χ2v) is 7.21. The molecule has 9 heteroatoms. The van der Waals surface area contributed by atoms with Gasteiger partial charge in [0.1, 0.15) is 11.5 Å². The van der Waals surface area contributed by atoms with E-state index in [2.05, 4.69) is 39.2 Å². The van der Waals surface area contributed by atoms with Gasteiger partial charge in [-0.3, -0.25) is 4.99 Å². The van der Waals surface area contributed by atoms with E-state index in [0.717, 1.165) is 23.5 Å². The number of hydrogen-bond acceptors (Lipinski definition) is 5. The van der Waals surface area contributed by atoms with Crippen molar-refractivity contribution in [2.24, 2.45) is 4.99 Å². The fourth-order valence-electron chi connectivity index (χ4n) is 2.64. The van der Waals surface area contributed by atoms with Crippen LogP contribution in [0.3, 0.4) is 0 Å². The van der Waals surface area contributed by atoms with E-state index in [0.29, 0.717) is 23.8 Å². The summed E-state index contributed by atoms with van der Waals surface area (Å²) in [5, 5.41) is 7.40. The Bertz CT molecular complexity index is 796. The molecule has 0 aliphatic carbocycles. The van der Waals surface area contributed by atoms with Crippen molar-refractivity contribution >= 4 is 17.3 Å². The summed E-state index contributed by atoms with van der Waals surface area (Å²) < 4.78 is 35.0. The number of thiazole rings is 1.